The van der Waals surface area contributed by atoms with Gasteiger partial charge >= 0.3 is 5.97 Å². The Morgan fingerprint density at radius 1 is 1.43 bits per heavy atom. The zero-order valence-electron chi connectivity index (χ0n) is 12.0. The molecule has 2 aliphatic rings. The van der Waals surface area contributed by atoms with Crippen molar-refractivity contribution in [3.8, 4) is 0 Å². The molecule has 0 saturated heterocycles. The summed E-state index contributed by atoms with van der Waals surface area (Å²) in [6.07, 6.45) is 3.57. The number of Topliss-reactive ketones (excluding diaryl/α,β-unsaturated/α-hetero) is 1. The molecule has 6 nitrogen and oxygen atoms in total. The lowest BCUT2D eigenvalue weighted by Gasteiger charge is -2.26. The highest BCUT2D eigenvalue weighted by molar-refractivity contribution is 6.14. The Labute approximate surface area is 122 Å². The van der Waals surface area contributed by atoms with E-state index in [1.165, 1.54) is 13.2 Å². The van der Waals surface area contributed by atoms with E-state index < -0.39 is 29.7 Å². The normalized spacial score (nSPS) is 23.1. The van der Waals surface area contributed by atoms with Crippen molar-refractivity contribution in [1.29, 1.82) is 0 Å². The molecule has 114 valence electrons. The zero-order valence-corrected chi connectivity index (χ0v) is 12.0. The largest absolute Gasteiger partial charge is 0.503 e. The SMILES string of the molecule is CCC[C@H](O)C[C@@H]1C=C2C=C(OC)C(=O)C(O)=C2C(=O)O1. The Kier molecular flexibility index (Phi) is 4.47. The second-order valence-electron chi connectivity index (χ2n) is 5.01. The molecule has 2 atom stereocenters. The summed E-state index contributed by atoms with van der Waals surface area (Å²) in [6.45, 7) is 1.95. The van der Waals surface area contributed by atoms with Gasteiger partial charge in [-0.2, -0.15) is 0 Å². The van der Waals surface area contributed by atoms with Gasteiger partial charge in [0.1, 0.15) is 11.7 Å². The Balaban J connectivity index is 2.29. The van der Waals surface area contributed by atoms with Gasteiger partial charge in [-0.3, -0.25) is 4.79 Å². The summed E-state index contributed by atoms with van der Waals surface area (Å²) < 4.78 is 10.0. The summed E-state index contributed by atoms with van der Waals surface area (Å²) in [6, 6.07) is 0. The molecule has 0 saturated carbocycles. The predicted molar refractivity (Wildman–Crippen MR) is 73.2 cm³/mol. The van der Waals surface area contributed by atoms with Crippen LogP contribution in [0.1, 0.15) is 26.2 Å². The van der Waals surface area contributed by atoms with Crippen molar-refractivity contribution < 1.29 is 29.3 Å². The van der Waals surface area contributed by atoms with Gasteiger partial charge in [-0.25, -0.2) is 4.79 Å². The molecule has 2 rings (SSSR count). The van der Waals surface area contributed by atoms with E-state index in [0.717, 1.165) is 6.42 Å². The number of ether oxygens (including phenoxy) is 2. The Morgan fingerprint density at radius 3 is 2.76 bits per heavy atom. The number of allylic oxidation sites excluding steroid dienone is 1. The first-order valence-corrected chi connectivity index (χ1v) is 6.82. The van der Waals surface area contributed by atoms with Gasteiger partial charge in [0.05, 0.1) is 13.2 Å². The number of fused-ring (bicyclic) bond motifs is 1. The number of carbonyl (C=O) groups is 2. The fraction of sp³-hybridized carbons (Fsp3) is 0.467. The highest BCUT2D eigenvalue weighted by Gasteiger charge is 2.36. The van der Waals surface area contributed by atoms with Crippen molar-refractivity contribution >= 4 is 11.8 Å². The maximum atomic E-state index is 11.9. The molecular formula is C15H18O6. The molecule has 0 radical (unpaired) electrons. The van der Waals surface area contributed by atoms with Gasteiger partial charge in [0.25, 0.3) is 5.78 Å². The number of esters is 1. The number of hydrogen-bond donors (Lipinski definition) is 2. The molecule has 6 heteroatoms. The topological polar surface area (TPSA) is 93.1 Å². The van der Waals surface area contributed by atoms with Crippen molar-refractivity contribution in [2.75, 3.05) is 7.11 Å². The lowest BCUT2D eigenvalue weighted by molar-refractivity contribution is -0.144. The van der Waals surface area contributed by atoms with Crippen LogP contribution in [0, 0.1) is 0 Å². The molecule has 21 heavy (non-hydrogen) atoms. The van der Waals surface area contributed by atoms with Crippen LogP contribution >= 0.6 is 0 Å². The second-order valence-corrected chi connectivity index (χ2v) is 5.01. The van der Waals surface area contributed by atoms with E-state index >= 15 is 0 Å². The van der Waals surface area contributed by atoms with Crippen molar-refractivity contribution in [3.63, 3.8) is 0 Å². The minimum atomic E-state index is -0.765. The molecule has 0 spiro atoms. The van der Waals surface area contributed by atoms with E-state index in [4.69, 9.17) is 9.47 Å². The van der Waals surface area contributed by atoms with Gasteiger partial charge in [0.2, 0.25) is 0 Å². The van der Waals surface area contributed by atoms with Gasteiger partial charge in [0, 0.05) is 6.42 Å². The van der Waals surface area contributed by atoms with Crippen LogP contribution in [0.4, 0.5) is 0 Å². The molecule has 0 fully saturated rings. The lowest BCUT2D eigenvalue weighted by atomic mass is 9.91. The van der Waals surface area contributed by atoms with Gasteiger partial charge in [-0.15, -0.1) is 0 Å². The lowest BCUT2D eigenvalue weighted by Crippen LogP contribution is -2.31. The Hall–Kier alpha value is -2.08. The van der Waals surface area contributed by atoms with Crippen molar-refractivity contribution in [2.45, 2.75) is 38.4 Å². The quantitative estimate of drug-likeness (QED) is 0.743. The molecule has 0 aromatic heterocycles. The second kappa shape index (κ2) is 6.13. The van der Waals surface area contributed by atoms with Crippen LogP contribution in [0.25, 0.3) is 0 Å². The highest BCUT2D eigenvalue weighted by atomic mass is 16.5. The number of carbonyl (C=O) groups excluding carboxylic acids is 2. The molecule has 0 amide bonds. The fourth-order valence-electron chi connectivity index (χ4n) is 2.41. The van der Waals surface area contributed by atoms with E-state index in [-0.39, 0.29) is 17.8 Å². The number of aliphatic hydroxyl groups excluding tert-OH is 2. The monoisotopic (exact) mass is 294 g/mol. The molecule has 2 N–H and O–H groups in total. The van der Waals surface area contributed by atoms with Crippen LogP contribution < -0.4 is 0 Å². The minimum Gasteiger partial charge on any atom is -0.503 e. The molecular weight excluding hydrogens is 276 g/mol. The van der Waals surface area contributed by atoms with Gasteiger partial charge in [0.15, 0.2) is 11.5 Å². The van der Waals surface area contributed by atoms with Crippen molar-refractivity contribution in [2.24, 2.45) is 0 Å². The van der Waals surface area contributed by atoms with Gasteiger partial charge < -0.3 is 19.7 Å². The average Bonchev–Trinajstić information content (AvgIpc) is 2.42. The Morgan fingerprint density at radius 2 is 2.14 bits per heavy atom. The summed E-state index contributed by atoms with van der Waals surface area (Å²) in [5.74, 6) is -2.22. The van der Waals surface area contributed by atoms with Gasteiger partial charge in [-0.1, -0.05) is 13.3 Å². The average molecular weight is 294 g/mol. The summed E-state index contributed by atoms with van der Waals surface area (Å²) in [5, 5.41) is 19.6. The van der Waals surface area contributed by atoms with Crippen LogP contribution in [-0.4, -0.2) is 41.3 Å². The maximum absolute atomic E-state index is 11.9. The molecule has 0 aromatic carbocycles. The number of hydrogen-bond acceptors (Lipinski definition) is 6. The van der Waals surface area contributed by atoms with E-state index in [9.17, 15) is 19.8 Å². The van der Waals surface area contributed by atoms with E-state index in [2.05, 4.69) is 0 Å². The van der Waals surface area contributed by atoms with Crippen LogP contribution in [-0.2, 0) is 19.1 Å². The molecule has 0 aromatic rings. The smallest absolute Gasteiger partial charge is 0.343 e. The maximum Gasteiger partial charge on any atom is 0.343 e. The fourth-order valence-corrected chi connectivity index (χ4v) is 2.41. The van der Waals surface area contributed by atoms with E-state index in [0.29, 0.717) is 12.0 Å². The molecule has 1 heterocycles. The molecule has 0 bridgehead atoms. The van der Waals surface area contributed by atoms with Crippen molar-refractivity contribution in [3.05, 3.63) is 34.8 Å². The predicted octanol–water partition coefficient (Wildman–Crippen LogP) is 1.31. The van der Waals surface area contributed by atoms with Crippen LogP contribution in [0.3, 0.4) is 0 Å². The number of methoxy groups -OCH3 is 1. The third-order valence-electron chi connectivity index (χ3n) is 3.43. The third kappa shape index (κ3) is 3.00. The molecule has 1 aliphatic carbocycles. The third-order valence-corrected chi connectivity index (χ3v) is 3.43. The highest BCUT2D eigenvalue weighted by Crippen LogP contribution is 2.31. The first-order chi connectivity index (χ1) is 9.97. The number of aliphatic hydroxyl groups is 2. The summed E-state index contributed by atoms with van der Waals surface area (Å²) in [4.78, 5) is 23.7. The number of rotatable bonds is 5. The number of ketones is 1. The standard InChI is InChI=1S/C15H18O6/c1-3-4-9(16)7-10-5-8-6-11(20-2)13(17)14(18)12(8)15(19)21-10/h5-6,9-10,16,18H,3-4,7H2,1-2H3/t9-,10-/m0/s1. The Bertz CT molecular complexity index is 555. The van der Waals surface area contributed by atoms with E-state index in [1.54, 1.807) is 6.08 Å². The summed E-state index contributed by atoms with van der Waals surface area (Å²) in [7, 11) is 1.31. The summed E-state index contributed by atoms with van der Waals surface area (Å²) in [5.41, 5.74) is 0.232. The first kappa shape index (κ1) is 15.3. The van der Waals surface area contributed by atoms with Crippen LogP contribution in [0.2, 0.25) is 0 Å². The minimum absolute atomic E-state index is 0.0370. The summed E-state index contributed by atoms with van der Waals surface area (Å²) >= 11 is 0. The van der Waals surface area contributed by atoms with Crippen molar-refractivity contribution in [1.82, 2.24) is 0 Å². The van der Waals surface area contributed by atoms with E-state index in [1.807, 2.05) is 6.92 Å². The van der Waals surface area contributed by atoms with Gasteiger partial charge in [-0.05, 0) is 24.1 Å². The zero-order chi connectivity index (χ0) is 15.6. The van der Waals surface area contributed by atoms with Crippen LogP contribution in [0.5, 0.6) is 0 Å². The first-order valence-electron chi connectivity index (χ1n) is 6.82. The molecule has 0 unspecified atom stereocenters. The van der Waals surface area contributed by atoms with Crippen LogP contribution in [0.15, 0.2) is 34.8 Å². The molecule has 1 aliphatic heterocycles. The number of cyclic esters (lactones) is 1.